The van der Waals surface area contributed by atoms with E-state index in [0.717, 1.165) is 15.7 Å². The number of amides is 2. The topological polar surface area (TPSA) is 75.7 Å². The Morgan fingerprint density at radius 1 is 1.15 bits per heavy atom. The number of esters is 1. The first-order valence-corrected chi connectivity index (χ1v) is 8.84. The summed E-state index contributed by atoms with van der Waals surface area (Å²) in [6, 6.07) is 12.0. The minimum Gasteiger partial charge on any atom is -0.465 e. The molecule has 0 saturated carbocycles. The quantitative estimate of drug-likeness (QED) is 0.776. The number of nitrogens with zero attached hydrogens (tertiary/aromatic N) is 1. The lowest BCUT2D eigenvalue weighted by atomic mass is 10.0. The fraction of sp³-hybridized carbons (Fsp3) is 0.211. The number of aryl methyl sites for hydroxylation is 1. The van der Waals surface area contributed by atoms with Crippen LogP contribution in [0.25, 0.3) is 0 Å². The predicted octanol–water partition coefficient (Wildman–Crippen LogP) is 3.15. The second kappa shape index (κ2) is 7.70. The number of carbonyl (C=O) groups excluding carboxylic acids is 3. The zero-order valence-corrected chi connectivity index (χ0v) is 15.7. The first kappa shape index (κ1) is 18.1. The number of anilines is 2. The van der Waals surface area contributed by atoms with Crippen LogP contribution in [0.3, 0.4) is 0 Å². The van der Waals surface area contributed by atoms with Crippen molar-refractivity contribution >= 4 is 45.1 Å². The van der Waals surface area contributed by atoms with E-state index in [0.29, 0.717) is 24.1 Å². The number of rotatable bonds is 4. The van der Waals surface area contributed by atoms with Crippen LogP contribution >= 0.6 is 15.9 Å². The molecule has 0 aromatic heterocycles. The van der Waals surface area contributed by atoms with Gasteiger partial charge in [0, 0.05) is 22.3 Å². The largest absolute Gasteiger partial charge is 0.465 e. The number of ether oxygens (including phenoxy) is 1. The van der Waals surface area contributed by atoms with E-state index in [2.05, 4.69) is 26.0 Å². The molecule has 0 saturated heterocycles. The van der Waals surface area contributed by atoms with Crippen molar-refractivity contribution in [1.29, 1.82) is 0 Å². The van der Waals surface area contributed by atoms with E-state index >= 15 is 0 Å². The number of hydrogen-bond donors (Lipinski definition) is 1. The van der Waals surface area contributed by atoms with Crippen molar-refractivity contribution in [2.45, 2.75) is 12.8 Å². The number of hydrogen-bond acceptors (Lipinski definition) is 4. The summed E-state index contributed by atoms with van der Waals surface area (Å²) in [7, 11) is 1.31. The lowest BCUT2D eigenvalue weighted by Crippen LogP contribution is -2.40. The van der Waals surface area contributed by atoms with Crippen molar-refractivity contribution in [2.24, 2.45) is 0 Å². The van der Waals surface area contributed by atoms with Gasteiger partial charge in [0.15, 0.2) is 0 Å². The zero-order valence-electron chi connectivity index (χ0n) is 14.1. The van der Waals surface area contributed by atoms with Crippen molar-refractivity contribution in [3.8, 4) is 0 Å². The van der Waals surface area contributed by atoms with Crippen molar-refractivity contribution < 1.29 is 19.1 Å². The van der Waals surface area contributed by atoms with Gasteiger partial charge in [-0.15, -0.1) is 0 Å². The smallest absolute Gasteiger partial charge is 0.337 e. The molecule has 1 aliphatic rings. The van der Waals surface area contributed by atoms with Crippen LogP contribution in [0, 0.1) is 0 Å². The Labute approximate surface area is 159 Å². The molecule has 0 unspecified atom stereocenters. The van der Waals surface area contributed by atoms with Crippen molar-refractivity contribution in [1.82, 2.24) is 0 Å². The van der Waals surface area contributed by atoms with E-state index in [1.807, 2.05) is 18.2 Å². The zero-order chi connectivity index (χ0) is 18.7. The summed E-state index contributed by atoms with van der Waals surface area (Å²) in [4.78, 5) is 37.6. The first-order valence-electron chi connectivity index (χ1n) is 8.05. The second-order valence-corrected chi connectivity index (χ2v) is 6.79. The highest BCUT2D eigenvalue weighted by atomic mass is 79.9. The van der Waals surface area contributed by atoms with Gasteiger partial charge in [-0.05, 0) is 54.4 Å². The Morgan fingerprint density at radius 2 is 1.88 bits per heavy atom. The summed E-state index contributed by atoms with van der Waals surface area (Å²) in [5.41, 5.74) is 2.74. The molecule has 0 atom stereocenters. The summed E-state index contributed by atoms with van der Waals surface area (Å²) in [5, 5.41) is 2.74. The molecule has 1 N–H and O–H groups in total. The van der Waals surface area contributed by atoms with Gasteiger partial charge in [0.05, 0.1) is 12.7 Å². The van der Waals surface area contributed by atoms with E-state index < -0.39 is 5.97 Å². The van der Waals surface area contributed by atoms with Gasteiger partial charge in [-0.25, -0.2) is 4.79 Å². The molecule has 6 nitrogen and oxygen atoms in total. The minimum absolute atomic E-state index is 0.0633. The molecule has 1 aliphatic heterocycles. The summed E-state index contributed by atoms with van der Waals surface area (Å²) in [6.07, 6.45) is 1.05. The van der Waals surface area contributed by atoms with Crippen LogP contribution in [-0.4, -0.2) is 31.4 Å². The molecule has 2 aromatic carbocycles. The molecular formula is C19H17BrN2O4. The normalized spacial score (nSPS) is 13.2. The van der Waals surface area contributed by atoms with Crippen LogP contribution in [0.2, 0.25) is 0 Å². The number of methoxy groups -OCH3 is 1. The summed E-state index contributed by atoms with van der Waals surface area (Å²) in [6.45, 7) is -0.0633. The molecule has 0 bridgehead atoms. The van der Waals surface area contributed by atoms with Crippen LogP contribution in [0.1, 0.15) is 22.3 Å². The Balaban J connectivity index is 1.70. The molecule has 1 heterocycles. The van der Waals surface area contributed by atoms with Gasteiger partial charge in [-0.1, -0.05) is 15.9 Å². The molecule has 2 aromatic rings. The maximum atomic E-state index is 12.4. The molecule has 0 aliphatic carbocycles. The van der Waals surface area contributed by atoms with Crippen LogP contribution in [0.4, 0.5) is 11.4 Å². The third-order valence-electron chi connectivity index (χ3n) is 4.13. The monoisotopic (exact) mass is 416 g/mol. The van der Waals surface area contributed by atoms with Crippen LogP contribution in [0.15, 0.2) is 46.9 Å². The Bertz CT molecular complexity index is 864. The molecule has 3 rings (SSSR count). The number of halogens is 1. The average molecular weight is 417 g/mol. The van der Waals surface area contributed by atoms with Crippen LogP contribution in [-0.2, 0) is 20.7 Å². The van der Waals surface area contributed by atoms with E-state index in [-0.39, 0.29) is 18.4 Å². The standard InChI is InChI=1S/C19H17BrN2O4/c1-26-19(25)12-2-6-15(7-3-12)21-17(23)11-22-16-8-5-14(20)10-13(16)4-9-18(22)24/h2-3,5-8,10H,4,9,11H2,1H3,(H,21,23). The third-order valence-corrected chi connectivity index (χ3v) is 4.63. The predicted molar refractivity (Wildman–Crippen MR) is 101 cm³/mol. The van der Waals surface area contributed by atoms with Crippen LogP contribution in [0.5, 0.6) is 0 Å². The summed E-state index contributed by atoms with van der Waals surface area (Å²) >= 11 is 3.43. The van der Waals surface area contributed by atoms with E-state index in [1.54, 1.807) is 24.3 Å². The van der Waals surface area contributed by atoms with Gasteiger partial charge >= 0.3 is 5.97 Å². The third kappa shape index (κ3) is 3.94. The Hall–Kier alpha value is -2.67. The highest BCUT2D eigenvalue weighted by Gasteiger charge is 2.26. The molecule has 134 valence electrons. The number of benzene rings is 2. The van der Waals surface area contributed by atoms with Gasteiger partial charge in [0.1, 0.15) is 6.54 Å². The first-order chi connectivity index (χ1) is 12.5. The summed E-state index contributed by atoms with van der Waals surface area (Å²) in [5.74, 6) is -0.819. The highest BCUT2D eigenvalue weighted by Crippen LogP contribution is 2.30. The van der Waals surface area contributed by atoms with E-state index in [9.17, 15) is 14.4 Å². The average Bonchev–Trinajstić information content (AvgIpc) is 2.64. The Morgan fingerprint density at radius 3 is 2.58 bits per heavy atom. The van der Waals surface area contributed by atoms with Gasteiger partial charge in [-0.2, -0.15) is 0 Å². The fourth-order valence-electron chi connectivity index (χ4n) is 2.85. The summed E-state index contributed by atoms with van der Waals surface area (Å²) < 4.78 is 5.58. The van der Waals surface area contributed by atoms with E-state index in [1.165, 1.54) is 12.0 Å². The number of carbonyl (C=O) groups is 3. The minimum atomic E-state index is -0.440. The molecule has 7 heteroatoms. The lowest BCUT2D eigenvalue weighted by Gasteiger charge is -2.29. The number of nitrogens with one attached hydrogen (secondary N) is 1. The van der Waals surface area contributed by atoms with Gasteiger partial charge in [0.25, 0.3) is 0 Å². The highest BCUT2D eigenvalue weighted by molar-refractivity contribution is 9.10. The van der Waals surface area contributed by atoms with Gasteiger partial charge in [0.2, 0.25) is 11.8 Å². The van der Waals surface area contributed by atoms with Gasteiger partial charge < -0.3 is 15.0 Å². The maximum absolute atomic E-state index is 12.4. The van der Waals surface area contributed by atoms with Crippen molar-refractivity contribution in [3.05, 3.63) is 58.1 Å². The fourth-order valence-corrected chi connectivity index (χ4v) is 3.26. The molecular weight excluding hydrogens is 400 g/mol. The molecule has 0 fully saturated rings. The van der Waals surface area contributed by atoms with Crippen LogP contribution < -0.4 is 10.2 Å². The second-order valence-electron chi connectivity index (χ2n) is 5.87. The van der Waals surface area contributed by atoms with Gasteiger partial charge in [-0.3, -0.25) is 9.59 Å². The Kier molecular flexibility index (Phi) is 5.37. The molecule has 26 heavy (non-hydrogen) atoms. The van der Waals surface area contributed by atoms with Crippen molar-refractivity contribution in [3.63, 3.8) is 0 Å². The lowest BCUT2D eigenvalue weighted by molar-refractivity contribution is -0.121. The SMILES string of the molecule is COC(=O)c1ccc(NC(=O)CN2C(=O)CCc3cc(Br)ccc32)cc1. The maximum Gasteiger partial charge on any atom is 0.337 e. The van der Waals surface area contributed by atoms with Crippen molar-refractivity contribution in [2.75, 3.05) is 23.9 Å². The molecule has 2 amide bonds. The molecule has 0 radical (unpaired) electrons. The van der Waals surface area contributed by atoms with E-state index in [4.69, 9.17) is 0 Å². The number of fused-ring (bicyclic) bond motifs is 1. The molecule has 0 spiro atoms.